The lowest BCUT2D eigenvalue weighted by Gasteiger charge is -2.42. The summed E-state index contributed by atoms with van der Waals surface area (Å²) in [5, 5.41) is 3.48. The van der Waals surface area contributed by atoms with Crippen LogP contribution in [0.4, 0.5) is 0 Å². The van der Waals surface area contributed by atoms with Crippen LogP contribution in [0.15, 0.2) is 30.3 Å². The molecule has 1 N–H and O–H groups in total. The third-order valence-corrected chi connectivity index (χ3v) is 4.75. The molecular formula is C17H28N2O. The molecule has 0 amide bonds. The van der Waals surface area contributed by atoms with Gasteiger partial charge in [-0.1, -0.05) is 37.3 Å². The fraction of sp³-hybridized carbons (Fsp3) is 0.647. The summed E-state index contributed by atoms with van der Waals surface area (Å²) in [4.78, 5) is 2.56. The van der Waals surface area contributed by atoms with Crippen LogP contribution in [-0.2, 0) is 4.74 Å². The number of nitrogens with zero attached hydrogens (tertiary/aromatic N) is 1. The molecular weight excluding hydrogens is 248 g/mol. The zero-order valence-corrected chi connectivity index (χ0v) is 13.2. The molecule has 2 rings (SSSR count). The van der Waals surface area contributed by atoms with Crippen molar-refractivity contribution >= 4 is 0 Å². The first kappa shape index (κ1) is 15.5. The van der Waals surface area contributed by atoms with E-state index >= 15 is 0 Å². The second kappa shape index (κ2) is 7.21. The van der Waals surface area contributed by atoms with E-state index in [0.29, 0.717) is 24.1 Å². The maximum Gasteiger partial charge on any atom is 0.0724 e. The highest BCUT2D eigenvalue weighted by atomic mass is 16.5. The number of rotatable bonds is 5. The van der Waals surface area contributed by atoms with E-state index in [4.69, 9.17) is 4.74 Å². The Labute approximate surface area is 123 Å². The molecule has 1 aromatic carbocycles. The van der Waals surface area contributed by atoms with Gasteiger partial charge in [-0.15, -0.1) is 0 Å². The van der Waals surface area contributed by atoms with Crippen LogP contribution in [0, 0.1) is 5.92 Å². The van der Waals surface area contributed by atoms with Crippen LogP contribution in [0.2, 0.25) is 0 Å². The maximum absolute atomic E-state index is 5.64. The Hall–Kier alpha value is -0.900. The standard InChI is InChI=1S/C17H28N2O/c1-13-10-11-19(12-16(13)20-4)14(2)17(18-3)15-8-6-5-7-9-15/h5-9,13-14,16-18H,10-12H2,1-4H3. The van der Waals surface area contributed by atoms with E-state index in [2.05, 4.69) is 61.4 Å². The Kier molecular flexibility index (Phi) is 5.58. The third kappa shape index (κ3) is 3.40. The van der Waals surface area contributed by atoms with Gasteiger partial charge in [-0.2, -0.15) is 0 Å². The number of piperidine rings is 1. The van der Waals surface area contributed by atoms with Gasteiger partial charge in [0.25, 0.3) is 0 Å². The minimum atomic E-state index is 0.361. The number of nitrogens with one attached hydrogen (secondary N) is 1. The molecule has 0 saturated carbocycles. The minimum absolute atomic E-state index is 0.361. The Bertz CT molecular complexity index is 395. The molecule has 1 heterocycles. The molecule has 1 fully saturated rings. The third-order valence-electron chi connectivity index (χ3n) is 4.75. The minimum Gasteiger partial charge on any atom is -0.380 e. The smallest absolute Gasteiger partial charge is 0.0724 e. The Morgan fingerprint density at radius 3 is 2.60 bits per heavy atom. The summed E-state index contributed by atoms with van der Waals surface area (Å²) in [6, 6.07) is 11.5. The van der Waals surface area contributed by atoms with Crippen LogP contribution in [0.5, 0.6) is 0 Å². The highest BCUT2D eigenvalue weighted by molar-refractivity contribution is 5.20. The lowest BCUT2D eigenvalue weighted by Crippen LogP contribution is -2.51. The van der Waals surface area contributed by atoms with Crippen LogP contribution < -0.4 is 5.32 Å². The van der Waals surface area contributed by atoms with Gasteiger partial charge in [0, 0.05) is 25.7 Å². The molecule has 1 aromatic rings. The predicted molar refractivity (Wildman–Crippen MR) is 83.9 cm³/mol. The summed E-state index contributed by atoms with van der Waals surface area (Å²) in [6.45, 7) is 6.80. The number of hydrogen-bond acceptors (Lipinski definition) is 3. The first-order valence-corrected chi connectivity index (χ1v) is 7.66. The second-order valence-corrected chi connectivity index (χ2v) is 5.95. The van der Waals surface area contributed by atoms with E-state index in [9.17, 15) is 0 Å². The van der Waals surface area contributed by atoms with Crippen molar-refractivity contribution in [2.45, 2.75) is 38.5 Å². The molecule has 0 spiro atoms. The Morgan fingerprint density at radius 2 is 2.00 bits per heavy atom. The molecule has 1 saturated heterocycles. The lowest BCUT2D eigenvalue weighted by atomic mass is 9.92. The summed E-state index contributed by atoms with van der Waals surface area (Å²) in [7, 11) is 3.89. The summed E-state index contributed by atoms with van der Waals surface area (Å²) < 4.78 is 5.64. The molecule has 20 heavy (non-hydrogen) atoms. The summed E-state index contributed by atoms with van der Waals surface area (Å²) in [5.74, 6) is 0.660. The highest BCUT2D eigenvalue weighted by Crippen LogP contribution is 2.26. The average molecular weight is 276 g/mol. The fourth-order valence-electron chi connectivity index (χ4n) is 3.29. The van der Waals surface area contributed by atoms with Crippen LogP contribution in [0.1, 0.15) is 31.9 Å². The molecule has 0 radical (unpaired) electrons. The summed E-state index contributed by atoms with van der Waals surface area (Å²) in [6.07, 6.45) is 1.58. The van der Waals surface area contributed by atoms with Crippen molar-refractivity contribution in [2.24, 2.45) is 5.92 Å². The molecule has 4 unspecified atom stereocenters. The zero-order chi connectivity index (χ0) is 14.5. The quantitative estimate of drug-likeness (QED) is 0.895. The molecule has 0 aromatic heterocycles. The van der Waals surface area contributed by atoms with Gasteiger partial charge in [0.15, 0.2) is 0 Å². The van der Waals surface area contributed by atoms with Gasteiger partial charge in [0.2, 0.25) is 0 Å². The first-order valence-electron chi connectivity index (χ1n) is 7.66. The number of benzene rings is 1. The van der Waals surface area contributed by atoms with Crippen LogP contribution in [0.3, 0.4) is 0 Å². The molecule has 3 nitrogen and oxygen atoms in total. The topological polar surface area (TPSA) is 24.5 Å². The van der Waals surface area contributed by atoms with Crippen molar-refractivity contribution in [2.75, 3.05) is 27.2 Å². The lowest BCUT2D eigenvalue weighted by molar-refractivity contribution is -0.0215. The normalized spacial score (nSPS) is 27.2. The van der Waals surface area contributed by atoms with Crippen molar-refractivity contribution in [3.63, 3.8) is 0 Å². The number of ether oxygens (including phenoxy) is 1. The van der Waals surface area contributed by atoms with Gasteiger partial charge in [-0.05, 0) is 38.4 Å². The van der Waals surface area contributed by atoms with Crippen molar-refractivity contribution in [3.8, 4) is 0 Å². The average Bonchev–Trinajstić information content (AvgIpc) is 2.49. The monoisotopic (exact) mass is 276 g/mol. The highest BCUT2D eigenvalue weighted by Gasteiger charge is 2.31. The van der Waals surface area contributed by atoms with Gasteiger partial charge in [-0.25, -0.2) is 0 Å². The van der Waals surface area contributed by atoms with Crippen molar-refractivity contribution in [3.05, 3.63) is 35.9 Å². The first-order chi connectivity index (χ1) is 9.67. The van der Waals surface area contributed by atoms with Gasteiger partial charge in [-0.3, -0.25) is 4.90 Å². The number of hydrogen-bond donors (Lipinski definition) is 1. The molecule has 4 atom stereocenters. The Balaban J connectivity index is 2.07. The predicted octanol–water partition coefficient (Wildman–Crippen LogP) is 2.69. The molecule has 1 aliphatic rings. The zero-order valence-electron chi connectivity index (χ0n) is 13.2. The Morgan fingerprint density at radius 1 is 1.30 bits per heavy atom. The van der Waals surface area contributed by atoms with Crippen molar-refractivity contribution < 1.29 is 4.74 Å². The fourth-order valence-corrected chi connectivity index (χ4v) is 3.29. The van der Waals surface area contributed by atoms with E-state index in [1.165, 1.54) is 12.0 Å². The van der Waals surface area contributed by atoms with E-state index in [0.717, 1.165) is 13.1 Å². The molecule has 0 bridgehead atoms. The summed E-state index contributed by atoms with van der Waals surface area (Å²) >= 11 is 0. The molecule has 1 aliphatic heterocycles. The van der Waals surface area contributed by atoms with E-state index < -0.39 is 0 Å². The largest absolute Gasteiger partial charge is 0.380 e. The SMILES string of the molecule is CNC(c1ccccc1)C(C)N1CCC(C)C(OC)C1. The van der Waals surface area contributed by atoms with Crippen LogP contribution in [-0.4, -0.2) is 44.3 Å². The number of methoxy groups -OCH3 is 1. The van der Waals surface area contributed by atoms with Gasteiger partial charge in [0.1, 0.15) is 0 Å². The van der Waals surface area contributed by atoms with Crippen LogP contribution in [0.25, 0.3) is 0 Å². The van der Waals surface area contributed by atoms with E-state index in [1.54, 1.807) is 0 Å². The number of likely N-dealkylation sites (N-methyl/N-ethyl adjacent to an activating group) is 1. The van der Waals surface area contributed by atoms with Crippen LogP contribution >= 0.6 is 0 Å². The molecule has 0 aliphatic carbocycles. The van der Waals surface area contributed by atoms with Crippen molar-refractivity contribution in [1.29, 1.82) is 0 Å². The van der Waals surface area contributed by atoms with Gasteiger partial charge >= 0.3 is 0 Å². The summed E-state index contributed by atoms with van der Waals surface area (Å²) in [5.41, 5.74) is 1.36. The van der Waals surface area contributed by atoms with Gasteiger partial charge in [0.05, 0.1) is 6.10 Å². The molecule has 3 heteroatoms. The van der Waals surface area contributed by atoms with E-state index in [-0.39, 0.29) is 0 Å². The maximum atomic E-state index is 5.64. The molecule has 112 valence electrons. The number of likely N-dealkylation sites (tertiary alicyclic amines) is 1. The van der Waals surface area contributed by atoms with E-state index in [1.807, 2.05) is 7.11 Å². The van der Waals surface area contributed by atoms with Gasteiger partial charge < -0.3 is 10.1 Å². The van der Waals surface area contributed by atoms with Crippen molar-refractivity contribution in [1.82, 2.24) is 10.2 Å². The second-order valence-electron chi connectivity index (χ2n) is 5.95.